The SMILES string of the molecule is COC(=O)c1c(-c2ccccc2[N+](=O)[O-])noc1C(F)(F)F. The van der Waals surface area contributed by atoms with Gasteiger partial charge in [-0.3, -0.25) is 10.1 Å². The second-order valence-electron chi connectivity index (χ2n) is 4.00. The Balaban J connectivity index is 2.75. The highest BCUT2D eigenvalue weighted by molar-refractivity contribution is 5.98. The Hall–Kier alpha value is -2.91. The van der Waals surface area contributed by atoms with Gasteiger partial charge in [-0.25, -0.2) is 4.79 Å². The van der Waals surface area contributed by atoms with Crippen LogP contribution in [0.3, 0.4) is 0 Å². The fraction of sp³-hybridized carbons (Fsp3) is 0.167. The number of nitrogens with zero attached hydrogens (tertiary/aromatic N) is 2. The van der Waals surface area contributed by atoms with E-state index >= 15 is 0 Å². The van der Waals surface area contributed by atoms with Crippen molar-refractivity contribution in [2.45, 2.75) is 6.18 Å². The average molecular weight is 316 g/mol. The van der Waals surface area contributed by atoms with Crippen LogP contribution in [-0.4, -0.2) is 23.2 Å². The van der Waals surface area contributed by atoms with Crippen LogP contribution in [0.4, 0.5) is 18.9 Å². The van der Waals surface area contributed by atoms with Gasteiger partial charge in [0.25, 0.3) is 11.4 Å². The molecule has 0 unspecified atom stereocenters. The molecule has 2 rings (SSSR count). The van der Waals surface area contributed by atoms with Crippen molar-refractivity contribution in [3.05, 3.63) is 45.7 Å². The molecule has 0 N–H and O–H groups in total. The summed E-state index contributed by atoms with van der Waals surface area (Å²) in [6.45, 7) is 0. The number of carbonyl (C=O) groups is 1. The molecule has 1 heterocycles. The van der Waals surface area contributed by atoms with Crippen LogP contribution >= 0.6 is 0 Å². The molecule has 0 saturated carbocycles. The van der Waals surface area contributed by atoms with Gasteiger partial charge in [0.1, 0.15) is 11.3 Å². The Morgan fingerprint density at radius 2 is 2.00 bits per heavy atom. The second-order valence-corrected chi connectivity index (χ2v) is 4.00. The van der Waals surface area contributed by atoms with Gasteiger partial charge in [0.05, 0.1) is 17.6 Å². The molecule has 0 spiro atoms. The number of nitro groups is 1. The normalized spacial score (nSPS) is 11.3. The highest BCUT2D eigenvalue weighted by Gasteiger charge is 2.44. The smallest absolute Gasteiger partial charge is 0.453 e. The van der Waals surface area contributed by atoms with Crippen molar-refractivity contribution in [2.75, 3.05) is 7.11 Å². The van der Waals surface area contributed by atoms with E-state index in [-0.39, 0.29) is 5.56 Å². The molecular formula is C12H7F3N2O5. The van der Waals surface area contributed by atoms with Crippen LogP contribution in [-0.2, 0) is 10.9 Å². The number of halogens is 3. The van der Waals surface area contributed by atoms with Crippen molar-refractivity contribution in [2.24, 2.45) is 0 Å². The number of ether oxygens (including phenoxy) is 1. The molecule has 1 aromatic carbocycles. The van der Waals surface area contributed by atoms with Crippen LogP contribution in [0.15, 0.2) is 28.8 Å². The van der Waals surface area contributed by atoms with Crippen LogP contribution < -0.4 is 0 Å². The lowest BCUT2D eigenvalue weighted by molar-refractivity contribution is -0.384. The zero-order valence-electron chi connectivity index (χ0n) is 10.9. The Morgan fingerprint density at radius 3 is 2.55 bits per heavy atom. The fourth-order valence-electron chi connectivity index (χ4n) is 1.79. The number of hydrogen-bond acceptors (Lipinski definition) is 6. The van der Waals surface area contributed by atoms with E-state index in [0.29, 0.717) is 0 Å². The van der Waals surface area contributed by atoms with Gasteiger partial charge >= 0.3 is 12.1 Å². The van der Waals surface area contributed by atoms with Crippen molar-refractivity contribution in [3.63, 3.8) is 0 Å². The summed E-state index contributed by atoms with van der Waals surface area (Å²) < 4.78 is 47.0. The fourth-order valence-corrected chi connectivity index (χ4v) is 1.79. The van der Waals surface area contributed by atoms with Crippen molar-refractivity contribution in [3.8, 4) is 11.3 Å². The molecule has 0 radical (unpaired) electrons. The summed E-state index contributed by atoms with van der Waals surface area (Å²) in [5.41, 5.74) is -2.42. The lowest BCUT2D eigenvalue weighted by Crippen LogP contribution is -2.12. The minimum absolute atomic E-state index is 0.285. The zero-order valence-corrected chi connectivity index (χ0v) is 10.9. The molecule has 116 valence electrons. The third kappa shape index (κ3) is 2.62. The number of para-hydroxylation sites is 1. The number of hydrogen-bond donors (Lipinski definition) is 0. The lowest BCUT2D eigenvalue weighted by Gasteiger charge is -2.05. The number of alkyl halides is 3. The monoisotopic (exact) mass is 316 g/mol. The minimum Gasteiger partial charge on any atom is -0.465 e. The number of nitro benzene ring substituents is 1. The van der Waals surface area contributed by atoms with E-state index in [1.807, 2.05) is 0 Å². The molecule has 7 nitrogen and oxygen atoms in total. The van der Waals surface area contributed by atoms with Crippen molar-refractivity contribution in [1.29, 1.82) is 0 Å². The first kappa shape index (κ1) is 15.5. The van der Waals surface area contributed by atoms with Crippen LogP contribution in [0.2, 0.25) is 0 Å². The number of methoxy groups -OCH3 is 1. The van der Waals surface area contributed by atoms with E-state index in [2.05, 4.69) is 14.4 Å². The summed E-state index contributed by atoms with van der Waals surface area (Å²) in [5, 5.41) is 14.1. The van der Waals surface area contributed by atoms with E-state index in [1.54, 1.807) is 0 Å². The molecule has 2 aromatic rings. The molecule has 0 bridgehead atoms. The third-order valence-corrected chi connectivity index (χ3v) is 2.69. The molecule has 0 aliphatic heterocycles. The minimum atomic E-state index is -5.00. The number of benzene rings is 1. The number of rotatable bonds is 3. The number of carbonyl (C=O) groups excluding carboxylic acids is 1. The topological polar surface area (TPSA) is 95.5 Å². The molecule has 10 heteroatoms. The summed E-state index contributed by atoms with van der Waals surface area (Å²) in [6.07, 6.45) is -5.00. The maximum absolute atomic E-state index is 12.9. The van der Waals surface area contributed by atoms with E-state index in [0.717, 1.165) is 19.2 Å². The van der Waals surface area contributed by atoms with Crippen LogP contribution in [0.5, 0.6) is 0 Å². The van der Waals surface area contributed by atoms with Gasteiger partial charge in [-0.1, -0.05) is 17.3 Å². The maximum atomic E-state index is 12.9. The van der Waals surface area contributed by atoms with E-state index < -0.39 is 39.8 Å². The summed E-state index contributed by atoms with van der Waals surface area (Å²) in [7, 11) is 0.874. The average Bonchev–Trinajstić information content (AvgIpc) is 2.91. The van der Waals surface area contributed by atoms with E-state index in [9.17, 15) is 28.1 Å². The Labute approximate surface area is 120 Å². The molecular weight excluding hydrogens is 309 g/mol. The predicted molar refractivity (Wildman–Crippen MR) is 64.9 cm³/mol. The van der Waals surface area contributed by atoms with Gasteiger partial charge in [-0.15, -0.1) is 0 Å². The van der Waals surface area contributed by atoms with Gasteiger partial charge in [0.15, 0.2) is 0 Å². The Kier molecular flexibility index (Phi) is 3.85. The molecule has 0 atom stereocenters. The van der Waals surface area contributed by atoms with E-state index in [4.69, 9.17) is 0 Å². The number of aromatic nitrogens is 1. The van der Waals surface area contributed by atoms with Crippen molar-refractivity contribution < 1.29 is 32.1 Å². The van der Waals surface area contributed by atoms with Crippen LogP contribution in [0, 0.1) is 10.1 Å². The Morgan fingerprint density at radius 1 is 1.36 bits per heavy atom. The van der Waals surface area contributed by atoms with Gasteiger partial charge in [-0.2, -0.15) is 13.2 Å². The molecule has 22 heavy (non-hydrogen) atoms. The molecule has 0 aliphatic rings. The van der Waals surface area contributed by atoms with Gasteiger partial charge in [0.2, 0.25) is 0 Å². The predicted octanol–water partition coefficient (Wildman–Crippen LogP) is 3.06. The van der Waals surface area contributed by atoms with Gasteiger partial charge < -0.3 is 9.26 Å². The highest BCUT2D eigenvalue weighted by atomic mass is 19.4. The maximum Gasteiger partial charge on any atom is 0.453 e. The van der Waals surface area contributed by atoms with Gasteiger partial charge in [-0.05, 0) is 6.07 Å². The summed E-state index contributed by atoms with van der Waals surface area (Å²) in [5.74, 6) is -3.03. The van der Waals surface area contributed by atoms with Crippen LogP contribution in [0.1, 0.15) is 16.1 Å². The first-order valence-electron chi connectivity index (χ1n) is 5.66. The molecule has 0 aliphatic carbocycles. The summed E-state index contributed by atoms with van der Waals surface area (Å²) in [6, 6.07) is 4.90. The number of esters is 1. The summed E-state index contributed by atoms with van der Waals surface area (Å²) in [4.78, 5) is 21.8. The molecule has 0 fully saturated rings. The highest BCUT2D eigenvalue weighted by Crippen LogP contribution is 2.39. The molecule has 1 aromatic heterocycles. The van der Waals surface area contributed by atoms with Crippen molar-refractivity contribution >= 4 is 11.7 Å². The first-order chi connectivity index (χ1) is 10.3. The molecule has 0 saturated heterocycles. The second kappa shape index (κ2) is 5.47. The van der Waals surface area contributed by atoms with Gasteiger partial charge in [0, 0.05) is 6.07 Å². The van der Waals surface area contributed by atoms with Crippen molar-refractivity contribution in [1.82, 2.24) is 5.16 Å². The Bertz CT molecular complexity index is 739. The quantitative estimate of drug-likeness (QED) is 0.490. The van der Waals surface area contributed by atoms with E-state index in [1.165, 1.54) is 12.1 Å². The largest absolute Gasteiger partial charge is 0.465 e. The lowest BCUT2D eigenvalue weighted by atomic mass is 10.0. The third-order valence-electron chi connectivity index (χ3n) is 2.69. The van der Waals surface area contributed by atoms with Crippen LogP contribution in [0.25, 0.3) is 11.3 Å². The first-order valence-corrected chi connectivity index (χ1v) is 5.66. The molecule has 0 amide bonds. The standard InChI is InChI=1S/C12H7F3N2O5/c1-21-11(18)8-9(16-22-10(8)12(13,14)15)6-4-2-3-5-7(6)17(19)20/h2-5H,1H3. The summed E-state index contributed by atoms with van der Waals surface area (Å²) >= 11 is 0. The zero-order chi connectivity index (χ0) is 16.5.